The number of benzene rings is 1. The second-order valence-corrected chi connectivity index (χ2v) is 5.96. The number of aryl methyl sites for hydroxylation is 1. The summed E-state index contributed by atoms with van der Waals surface area (Å²) in [4.78, 5) is 11.0. The number of aromatic nitrogens is 2. The van der Waals surface area contributed by atoms with E-state index in [0.29, 0.717) is 6.54 Å². The maximum Gasteiger partial charge on any atom is 0.303 e. The van der Waals surface area contributed by atoms with Crippen LogP contribution >= 0.6 is 0 Å². The quantitative estimate of drug-likeness (QED) is 0.883. The Hall–Kier alpha value is -2.17. The molecule has 1 aromatic heterocycles. The van der Waals surface area contributed by atoms with Gasteiger partial charge in [0.2, 0.25) is 0 Å². The standard InChI is InChI=1S/C16H19N3O2/c1-11-12-5-2-3-6-13(12)15(19-18-11)17-10-16(7-4-8-16)9-14(20)21/h2-3,5-6H,4,7-10H2,1H3,(H,17,19)(H,20,21). The molecule has 0 saturated heterocycles. The zero-order chi connectivity index (χ0) is 14.9. The molecule has 21 heavy (non-hydrogen) atoms. The fraction of sp³-hybridized carbons (Fsp3) is 0.438. The van der Waals surface area contributed by atoms with Crippen LogP contribution in [0.25, 0.3) is 10.8 Å². The largest absolute Gasteiger partial charge is 0.481 e. The van der Waals surface area contributed by atoms with Gasteiger partial charge >= 0.3 is 5.97 Å². The predicted molar refractivity (Wildman–Crippen MR) is 81.3 cm³/mol. The number of fused-ring (bicyclic) bond motifs is 1. The van der Waals surface area contributed by atoms with Gasteiger partial charge < -0.3 is 10.4 Å². The number of carboxylic acid groups (broad SMARTS) is 1. The smallest absolute Gasteiger partial charge is 0.303 e. The van der Waals surface area contributed by atoms with Crippen molar-refractivity contribution in [3.63, 3.8) is 0 Å². The van der Waals surface area contributed by atoms with E-state index in [-0.39, 0.29) is 11.8 Å². The summed E-state index contributed by atoms with van der Waals surface area (Å²) in [6, 6.07) is 8.01. The van der Waals surface area contributed by atoms with E-state index in [9.17, 15) is 4.79 Å². The van der Waals surface area contributed by atoms with E-state index in [1.807, 2.05) is 31.2 Å². The SMILES string of the molecule is Cc1nnc(NCC2(CC(=O)O)CCC2)c2ccccc12. The van der Waals surface area contributed by atoms with Crippen molar-refractivity contribution in [1.29, 1.82) is 0 Å². The molecule has 5 nitrogen and oxygen atoms in total. The minimum Gasteiger partial charge on any atom is -0.481 e. The number of nitrogens with one attached hydrogen (secondary N) is 1. The minimum absolute atomic E-state index is 0.125. The minimum atomic E-state index is -0.726. The fourth-order valence-electron chi connectivity index (χ4n) is 3.05. The van der Waals surface area contributed by atoms with E-state index in [0.717, 1.165) is 41.5 Å². The van der Waals surface area contributed by atoms with Crippen LogP contribution < -0.4 is 5.32 Å². The second-order valence-electron chi connectivity index (χ2n) is 5.96. The van der Waals surface area contributed by atoms with Gasteiger partial charge in [0.05, 0.1) is 12.1 Å². The fourth-order valence-corrected chi connectivity index (χ4v) is 3.05. The topological polar surface area (TPSA) is 75.1 Å². The Labute approximate surface area is 123 Å². The summed E-state index contributed by atoms with van der Waals surface area (Å²) in [6.07, 6.45) is 3.25. The Bertz CT molecular complexity index is 680. The second kappa shape index (κ2) is 5.31. The lowest BCUT2D eigenvalue weighted by molar-refractivity contribution is -0.141. The molecule has 1 aromatic carbocycles. The molecule has 5 heteroatoms. The summed E-state index contributed by atoms with van der Waals surface area (Å²) in [5, 5.41) is 22.9. The van der Waals surface area contributed by atoms with Gasteiger partial charge in [-0.1, -0.05) is 30.7 Å². The third-order valence-corrected chi connectivity index (χ3v) is 4.44. The first kappa shape index (κ1) is 13.8. The molecule has 2 N–H and O–H groups in total. The molecule has 1 aliphatic rings. The van der Waals surface area contributed by atoms with Crippen LogP contribution in [0.1, 0.15) is 31.4 Å². The van der Waals surface area contributed by atoms with Crippen LogP contribution in [0.4, 0.5) is 5.82 Å². The summed E-state index contributed by atoms with van der Waals surface area (Å²) in [5.74, 6) is 0.0178. The summed E-state index contributed by atoms with van der Waals surface area (Å²) < 4.78 is 0. The molecule has 1 fully saturated rings. The molecule has 1 saturated carbocycles. The third-order valence-electron chi connectivity index (χ3n) is 4.44. The first-order valence-electron chi connectivity index (χ1n) is 7.27. The summed E-state index contributed by atoms with van der Waals surface area (Å²) in [7, 11) is 0. The normalized spacial score (nSPS) is 16.4. The van der Waals surface area contributed by atoms with Gasteiger partial charge in [-0.3, -0.25) is 4.79 Å². The predicted octanol–water partition coefficient (Wildman–Crippen LogP) is 3.00. The summed E-state index contributed by atoms with van der Waals surface area (Å²) in [6.45, 7) is 2.58. The van der Waals surface area contributed by atoms with Crippen LogP contribution in [-0.4, -0.2) is 27.8 Å². The van der Waals surface area contributed by atoms with Gasteiger partial charge in [-0.2, -0.15) is 5.10 Å². The highest BCUT2D eigenvalue weighted by Gasteiger charge is 2.38. The zero-order valence-electron chi connectivity index (χ0n) is 12.1. The molecule has 0 aliphatic heterocycles. The van der Waals surface area contributed by atoms with Gasteiger partial charge in [0.25, 0.3) is 0 Å². The van der Waals surface area contributed by atoms with Gasteiger partial charge in [-0.25, -0.2) is 0 Å². The molecule has 0 atom stereocenters. The van der Waals surface area contributed by atoms with Gasteiger partial charge in [0.1, 0.15) is 0 Å². The van der Waals surface area contributed by atoms with Gasteiger partial charge in [0.15, 0.2) is 5.82 Å². The number of rotatable bonds is 5. The van der Waals surface area contributed by atoms with Crippen molar-refractivity contribution in [1.82, 2.24) is 10.2 Å². The molecule has 110 valence electrons. The Morgan fingerprint density at radius 2 is 2.00 bits per heavy atom. The maximum atomic E-state index is 11.0. The van der Waals surface area contributed by atoms with Crippen LogP contribution in [0.15, 0.2) is 24.3 Å². The lowest BCUT2D eigenvalue weighted by Crippen LogP contribution is -2.38. The molecule has 0 amide bonds. The van der Waals surface area contributed by atoms with Crippen molar-refractivity contribution in [2.45, 2.75) is 32.6 Å². The third kappa shape index (κ3) is 2.68. The highest BCUT2D eigenvalue weighted by atomic mass is 16.4. The van der Waals surface area contributed by atoms with Crippen molar-refractivity contribution in [3.05, 3.63) is 30.0 Å². The summed E-state index contributed by atoms with van der Waals surface area (Å²) in [5.41, 5.74) is 0.777. The number of nitrogens with zero attached hydrogens (tertiary/aromatic N) is 2. The van der Waals surface area contributed by atoms with Crippen LogP contribution in [0.5, 0.6) is 0 Å². The van der Waals surface area contributed by atoms with Crippen molar-refractivity contribution in [2.75, 3.05) is 11.9 Å². The Balaban J connectivity index is 1.82. The molecular formula is C16H19N3O2. The van der Waals surface area contributed by atoms with E-state index in [1.165, 1.54) is 0 Å². The lowest BCUT2D eigenvalue weighted by atomic mass is 9.66. The van der Waals surface area contributed by atoms with E-state index < -0.39 is 5.97 Å². The zero-order valence-corrected chi connectivity index (χ0v) is 12.1. The number of hydrogen-bond donors (Lipinski definition) is 2. The molecule has 1 aliphatic carbocycles. The van der Waals surface area contributed by atoms with Crippen LogP contribution in [-0.2, 0) is 4.79 Å². The first-order valence-corrected chi connectivity index (χ1v) is 7.27. The first-order chi connectivity index (χ1) is 10.1. The molecule has 0 bridgehead atoms. The molecule has 2 aromatic rings. The van der Waals surface area contributed by atoms with Gasteiger partial charge in [-0.05, 0) is 25.2 Å². The van der Waals surface area contributed by atoms with E-state index in [1.54, 1.807) is 0 Å². The highest BCUT2D eigenvalue weighted by molar-refractivity contribution is 5.92. The average Bonchev–Trinajstić information content (AvgIpc) is 2.43. The number of carboxylic acids is 1. The van der Waals surface area contributed by atoms with Crippen molar-refractivity contribution < 1.29 is 9.90 Å². The van der Waals surface area contributed by atoms with E-state index in [4.69, 9.17) is 5.11 Å². The number of anilines is 1. The average molecular weight is 285 g/mol. The molecule has 1 heterocycles. The van der Waals surface area contributed by atoms with Gasteiger partial charge in [-0.15, -0.1) is 5.10 Å². The number of hydrogen-bond acceptors (Lipinski definition) is 4. The van der Waals surface area contributed by atoms with Crippen LogP contribution in [0.2, 0.25) is 0 Å². The molecular weight excluding hydrogens is 266 g/mol. The van der Waals surface area contributed by atoms with Crippen molar-refractivity contribution in [3.8, 4) is 0 Å². The lowest BCUT2D eigenvalue weighted by Gasteiger charge is -2.41. The van der Waals surface area contributed by atoms with E-state index >= 15 is 0 Å². The molecule has 3 rings (SSSR count). The molecule has 0 unspecified atom stereocenters. The number of carbonyl (C=O) groups is 1. The molecule has 0 radical (unpaired) electrons. The molecule has 0 spiro atoms. The highest BCUT2D eigenvalue weighted by Crippen LogP contribution is 2.44. The van der Waals surface area contributed by atoms with Gasteiger partial charge in [0, 0.05) is 17.3 Å². The Morgan fingerprint density at radius 1 is 1.29 bits per heavy atom. The van der Waals surface area contributed by atoms with Crippen LogP contribution in [0.3, 0.4) is 0 Å². The van der Waals surface area contributed by atoms with Crippen LogP contribution in [0, 0.1) is 12.3 Å². The van der Waals surface area contributed by atoms with Crippen molar-refractivity contribution >= 4 is 22.6 Å². The number of aliphatic carboxylic acids is 1. The summed E-state index contributed by atoms with van der Waals surface area (Å²) >= 11 is 0. The van der Waals surface area contributed by atoms with E-state index in [2.05, 4.69) is 15.5 Å². The monoisotopic (exact) mass is 285 g/mol. The maximum absolute atomic E-state index is 11.0. The van der Waals surface area contributed by atoms with Crippen molar-refractivity contribution in [2.24, 2.45) is 5.41 Å². The Kier molecular flexibility index (Phi) is 3.49. The Morgan fingerprint density at radius 3 is 2.62 bits per heavy atom.